The average molecular weight is 404 g/mol. The summed E-state index contributed by atoms with van der Waals surface area (Å²) in [6, 6.07) is 8.62. The second-order valence-corrected chi connectivity index (χ2v) is 6.45. The molecule has 3 rings (SSSR count). The highest BCUT2D eigenvalue weighted by Crippen LogP contribution is 2.51. The van der Waals surface area contributed by atoms with Gasteiger partial charge >= 0.3 is 11.7 Å². The van der Waals surface area contributed by atoms with Gasteiger partial charge in [-0.2, -0.15) is 0 Å². The first-order valence-corrected chi connectivity index (χ1v) is 8.75. The molecule has 7 nitrogen and oxygen atoms in total. The summed E-state index contributed by atoms with van der Waals surface area (Å²) in [5, 5.41) is 0. The number of nitrogens with one attached hydrogen (secondary N) is 1. The Morgan fingerprint density at radius 1 is 1.34 bits per heavy atom. The molecule has 2 heterocycles. The molecule has 1 aromatic heterocycles. The van der Waals surface area contributed by atoms with Crippen molar-refractivity contribution in [1.82, 2.24) is 9.55 Å². The molecule has 1 fully saturated rings. The van der Waals surface area contributed by atoms with Gasteiger partial charge in [0, 0.05) is 24.8 Å². The zero-order valence-electron chi connectivity index (χ0n) is 15.4. The quantitative estimate of drug-likeness (QED) is 0.611. The van der Waals surface area contributed by atoms with Gasteiger partial charge in [-0.15, -0.1) is 5.73 Å². The summed E-state index contributed by atoms with van der Waals surface area (Å²) >= 11 is 0. The van der Waals surface area contributed by atoms with E-state index in [1.165, 1.54) is 19.1 Å². The van der Waals surface area contributed by atoms with Crippen molar-refractivity contribution in [3.8, 4) is 0 Å². The lowest BCUT2D eigenvalue weighted by Gasteiger charge is -2.29. The normalized spacial score (nSPS) is 28.5. The van der Waals surface area contributed by atoms with Crippen LogP contribution in [0.25, 0.3) is 0 Å². The molecule has 0 amide bonds. The Morgan fingerprint density at radius 2 is 2.03 bits per heavy atom. The van der Waals surface area contributed by atoms with E-state index in [-0.39, 0.29) is 12.0 Å². The van der Waals surface area contributed by atoms with Crippen LogP contribution in [-0.2, 0) is 9.47 Å². The molecule has 152 valence electrons. The van der Waals surface area contributed by atoms with Crippen molar-refractivity contribution in [1.29, 1.82) is 0 Å². The number of carbonyl (C=O) groups excluding carboxylic acids is 1. The third kappa shape index (κ3) is 3.57. The number of alkyl halides is 2. The molecule has 4 unspecified atom stereocenters. The lowest BCUT2D eigenvalue weighted by molar-refractivity contribution is -0.189. The first kappa shape index (κ1) is 20.4. The highest BCUT2D eigenvalue weighted by Gasteiger charge is 2.67. The maximum atomic E-state index is 16.1. The number of H-pyrrole nitrogens is 1. The van der Waals surface area contributed by atoms with Crippen LogP contribution in [0, 0.1) is 0 Å². The van der Waals surface area contributed by atoms with Crippen molar-refractivity contribution >= 4 is 5.97 Å². The molecule has 29 heavy (non-hydrogen) atoms. The number of benzene rings is 1. The fourth-order valence-electron chi connectivity index (χ4n) is 3.18. The van der Waals surface area contributed by atoms with Gasteiger partial charge in [0.05, 0.1) is 5.56 Å². The largest absolute Gasteiger partial charge is 0.449 e. The summed E-state index contributed by atoms with van der Waals surface area (Å²) in [7, 11) is 0. The van der Waals surface area contributed by atoms with E-state index in [4.69, 9.17) is 9.47 Å². The molecule has 1 aliphatic rings. The molecular formula is C20H18F2N2O5. The molecule has 1 N–H and O–H groups in total. The molecule has 0 spiro atoms. The fraction of sp³-hybridized carbons (Fsp3) is 0.300. The van der Waals surface area contributed by atoms with Gasteiger partial charge in [0.1, 0.15) is 0 Å². The monoisotopic (exact) mass is 404 g/mol. The molecule has 0 bridgehead atoms. The van der Waals surface area contributed by atoms with Crippen molar-refractivity contribution < 1.29 is 23.0 Å². The summed E-state index contributed by atoms with van der Waals surface area (Å²) < 4.78 is 42.8. The van der Waals surface area contributed by atoms with E-state index < -0.39 is 41.1 Å². The predicted molar refractivity (Wildman–Crippen MR) is 98.8 cm³/mol. The molecule has 0 aliphatic carbocycles. The van der Waals surface area contributed by atoms with Crippen molar-refractivity contribution in [3.63, 3.8) is 0 Å². The van der Waals surface area contributed by atoms with E-state index in [9.17, 15) is 14.4 Å². The molecule has 1 aliphatic heterocycles. The Bertz CT molecular complexity index is 1080. The average Bonchev–Trinajstić information content (AvgIpc) is 2.91. The van der Waals surface area contributed by atoms with Crippen LogP contribution in [0.5, 0.6) is 0 Å². The maximum absolute atomic E-state index is 16.1. The first-order valence-electron chi connectivity index (χ1n) is 8.75. The van der Waals surface area contributed by atoms with Crippen LogP contribution in [0.4, 0.5) is 8.78 Å². The Labute approximate surface area is 163 Å². The van der Waals surface area contributed by atoms with Crippen LogP contribution in [-0.4, -0.2) is 33.1 Å². The summed E-state index contributed by atoms with van der Waals surface area (Å²) in [4.78, 5) is 37.9. The second kappa shape index (κ2) is 7.62. The number of rotatable bonds is 5. The van der Waals surface area contributed by atoms with E-state index in [2.05, 4.69) is 12.3 Å². The summed E-state index contributed by atoms with van der Waals surface area (Å²) in [5.41, 5.74) is -2.28. The number of aromatic nitrogens is 2. The van der Waals surface area contributed by atoms with Gasteiger partial charge in [-0.1, -0.05) is 31.7 Å². The number of hydrogen-bond acceptors (Lipinski definition) is 5. The van der Waals surface area contributed by atoms with E-state index >= 15 is 8.78 Å². The minimum absolute atomic E-state index is 0.0838. The van der Waals surface area contributed by atoms with Gasteiger partial charge in [0.25, 0.3) is 11.4 Å². The molecule has 2 aromatic rings. The Balaban J connectivity index is 2.09. The molecule has 9 heteroatoms. The lowest BCUT2D eigenvalue weighted by Crippen LogP contribution is -2.49. The lowest BCUT2D eigenvalue weighted by atomic mass is 9.93. The SMILES string of the molecule is C=C=CC1(F)C(n2ccc(=O)[nH]c2=O)OC(F)(CC)C1OC(=O)c1ccccc1. The summed E-state index contributed by atoms with van der Waals surface area (Å²) in [6.45, 7) is 4.67. The molecular weight excluding hydrogens is 386 g/mol. The van der Waals surface area contributed by atoms with Gasteiger partial charge in [0.2, 0.25) is 11.8 Å². The minimum atomic E-state index is -2.83. The van der Waals surface area contributed by atoms with Gasteiger partial charge in [-0.25, -0.2) is 18.4 Å². The number of aromatic amines is 1. The van der Waals surface area contributed by atoms with Crippen molar-refractivity contribution in [2.75, 3.05) is 0 Å². The van der Waals surface area contributed by atoms with Crippen LogP contribution in [0.15, 0.2) is 70.6 Å². The Morgan fingerprint density at radius 3 is 2.62 bits per heavy atom. The van der Waals surface area contributed by atoms with Crippen LogP contribution in [0.3, 0.4) is 0 Å². The smallest absolute Gasteiger partial charge is 0.338 e. The second-order valence-electron chi connectivity index (χ2n) is 6.45. The third-order valence-corrected chi connectivity index (χ3v) is 4.62. The number of esters is 1. The number of nitrogens with zero attached hydrogens (tertiary/aromatic N) is 1. The molecule has 0 radical (unpaired) electrons. The maximum Gasteiger partial charge on any atom is 0.338 e. The summed E-state index contributed by atoms with van der Waals surface area (Å²) in [6.07, 6.45) is -2.61. The van der Waals surface area contributed by atoms with E-state index in [0.29, 0.717) is 4.57 Å². The van der Waals surface area contributed by atoms with E-state index in [1.54, 1.807) is 18.2 Å². The van der Waals surface area contributed by atoms with Crippen molar-refractivity contribution in [2.45, 2.75) is 37.2 Å². The molecule has 1 saturated heterocycles. The summed E-state index contributed by atoms with van der Waals surface area (Å²) in [5.74, 6) is -3.73. The standard InChI is InChI=1S/C20H18F2N2O5/c1-3-11-19(21)16(28-15(26)13-8-6-5-7-9-13)20(22,4-2)29-17(19)24-12-10-14(25)23-18(24)27/h5-12,16-17H,1,4H2,2H3,(H,23,25,27). The number of carbonyl (C=O) groups is 1. The highest BCUT2D eigenvalue weighted by molar-refractivity contribution is 5.89. The molecule has 1 aromatic carbocycles. The van der Waals surface area contributed by atoms with Crippen LogP contribution in [0.1, 0.15) is 29.9 Å². The molecule has 0 saturated carbocycles. The highest BCUT2D eigenvalue weighted by atomic mass is 19.2. The van der Waals surface area contributed by atoms with Gasteiger partial charge in [-0.05, 0) is 12.1 Å². The Hall–Kier alpha value is -3.29. The predicted octanol–water partition coefficient (Wildman–Crippen LogP) is 2.42. The van der Waals surface area contributed by atoms with Crippen molar-refractivity contribution in [2.24, 2.45) is 0 Å². The minimum Gasteiger partial charge on any atom is -0.449 e. The van der Waals surface area contributed by atoms with Gasteiger partial charge < -0.3 is 9.47 Å². The van der Waals surface area contributed by atoms with Gasteiger partial charge in [-0.3, -0.25) is 14.3 Å². The number of hydrogen-bond donors (Lipinski definition) is 1. The zero-order valence-corrected chi connectivity index (χ0v) is 15.4. The zero-order chi connectivity index (χ0) is 21.2. The topological polar surface area (TPSA) is 90.4 Å². The van der Waals surface area contributed by atoms with Crippen molar-refractivity contribution in [3.05, 3.63) is 87.4 Å². The van der Waals surface area contributed by atoms with E-state index in [1.807, 2.05) is 4.98 Å². The Kier molecular flexibility index (Phi) is 5.37. The van der Waals surface area contributed by atoms with Crippen LogP contribution >= 0.6 is 0 Å². The van der Waals surface area contributed by atoms with Crippen LogP contribution < -0.4 is 11.2 Å². The third-order valence-electron chi connectivity index (χ3n) is 4.62. The number of halogens is 2. The van der Waals surface area contributed by atoms with Crippen LogP contribution in [0.2, 0.25) is 0 Å². The first-order chi connectivity index (χ1) is 13.7. The van der Waals surface area contributed by atoms with E-state index in [0.717, 1.165) is 18.3 Å². The van der Waals surface area contributed by atoms with Gasteiger partial charge in [0.15, 0.2) is 6.23 Å². The fourth-order valence-corrected chi connectivity index (χ4v) is 3.18. The molecule has 4 atom stereocenters. The number of ether oxygens (including phenoxy) is 2.